The molecule has 2 aromatic rings. The summed E-state index contributed by atoms with van der Waals surface area (Å²) in [6, 6.07) is 5.61. The molecule has 0 aliphatic carbocycles. The zero-order valence-corrected chi connectivity index (χ0v) is 9.77. The van der Waals surface area contributed by atoms with E-state index in [2.05, 4.69) is 20.9 Å². The Labute approximate surface area is 93.7 Å². The number of imidazole rings is 1. The molecule has 0 aliphatic heterocycles. The molecule has 0 unspecified atom stereocenters. The Bertz CT molecular complexity index is 439. The van der Waals surface area contributed by atoms with Crippen molar-refractivity contribution in [2.24, 2.45) is 0 Å². The van der Waals surface area contributed by atoms with Crippen molar-refractivity contribution in [3.05, 3.63) is 34.7 Å². The highest BCUT2D eigenvalue weighted by Crippen LogP contribution is 2.16. The van der Waals surface area contributed by atoms with Crippen LogP contribution in [0, 0.1) is 0 Å². The lowest BCUT2D eigenvalue weighted by atomic mass is 10.5. The second-order valence-electron chi connectivity index (χ2n) is 2.33. The maximum absolute atomic E-state index is 10.5. The molecule has 0 aliphatic rings. The number of halogens is 2. The van der Waals surface area contributed by atoms with E-state index in [-0.39, 0.29) is 17.0 Å². The van der Waals surface area contributed by atoms with E-state index < -0.39 is 0 Å². The van der Waals surface area contributed by atoms with Crippen LogP contribution < -0.4 is 0 Å². The molecule has 0 aromatic carbocycles. The van der Waals surface area contributed by atoms with Gasteiger partial charge in [0.25, 0.3) is 0 Å². The van der Waals surface area contributed by atoms with Gasteiger partial charge in [0.1, 0.15) is 15.9 Å². The zero-order chi connectivity index (χ0) is 8.55. The van der Waals surface area contributed by atoms with Gasteiger partial charge < -0.3 is 0 Å². The Morgan fingerprint density at radius 3 is 2.85 bits per heavy atom. The van der Waals surface area contributed by atoms with Crippen molar-refractivity contribution in [2.75, 3.05) is 0 Å². The first-order valence-electron chi connectivity index (χ1n) is 3.40. The maximum Gasteiger partial charge on any atom is 0.171 e. The van der Waals surface area contributed by atoms with Crippen LogP contribution >= 0.6 is 32.9 Å². The summed E-state index contributed by atoms with van der Waals surface area (Å²) in [5, 5.41) is 0. The molecule has 0 saturated carbocycles. The number of aromatic nitrogens is 2. The van der Waals surface area contributed by atoms with E-state index in [0.717, 1.165) is 11.9 Å². The van der Waals surface area contributed by atoms with Crippen molar-refractivity contribution in [3.63, 3.8) is 0 Å². The average Bonchev–Trinajstić information content (AvgIpc) is 2.44. The van der Waals surface area contributed by atoms with Crippen molar-refractivity contribution in [2.45, 2.75) is 0 Å². The highest BCUT2D eigenvalue weighted by atomic mass is 79.9. The smallest absolute Gasteiger partial charge is 0.171 e. The largest absolute Gasteiger partial charge is 0.296 e. The van der Waals surface area contributed by atoms with E-state index in [0.29, 0.717) is 10.3 Å². The molecule has 13 heavy (non-hydrogen) atoms. The normalized spacial score (nSPS) is 9.62. The van der Waals surface area contributed by atoms with Crippen LogP contribution in [0.4, 0.5) is 0 Å². The first-order chi connectivity index (χ1) is 5.83. The molecule has 5 heteroatoms. The van der Waals surface area contributed by atoms with Gasteiger partial charge in [-0.25, -0.2) is 4.98 Å². The van der Waals surface area contributed by atoms with Crippen molar-refractivity contribution < 1.29 is 4.79 Å². The number of fused-ring (bicyclic) bond motifs is 1. The molecule has 0 atom stereocenters. The third-order valence-corrected chi connectivity index (χ3v) is 2.40. The molecule has 3 nitrogen and oxygen atoms in total. The second-order valence-corrected chi connectivity index (χ2v) is 3.09. The Balaban J connectivity index is 0.000000845. The summed E-state index contributed by atoms with van der Waals surface area (Å²) in [6.45, 7) is 0. The summed E-state index contributed by atoms with van der Waals surface area (Å²) in [4.78, 5) is 14.6. The Morgan fingerprint density at radius 1 is 1.46 bits per heavy atom. The third kappa shape index (κ3) is 1.66. The minimum Gasteiger partial charge on any atom is -0.296 e. The van der Waals surface area contributed by atoms with E-state index in [4.69, 9.17) is 0 Å². The van der Waals surface area contributed by atoms with Gasteiger partial charge in [0.05, 0.1) is 0 Å². The summed E-state index contributed by atoms with van der Waals surface area (Å²) in [6.07, 6.45) is 2.58. The number of nitrogens with zero attached hydrogens (tertiary/aromatic N) is 2. The van der Waals surface area contributed by atoms with Crippen LogP contribution in [0.3, 0.4) is 0 Å². The number of hydrogen-bond acceptors (Lipinski definition) is 2. The monoisotopic (exact) mass is 304 g/mol. The maximum atomic E-state index is 10.5. The minimum absolute atomic E-state index is 0. The van der Waals surface area contributed by atoms with Crippen LogP contribution in [-0.2, 0) is 0 Å². The highest BCUT2D eigenvalue weighted by Gasteiger charge is 2.06. The van der Waals surface area contributed by atoms with E-state index in [1.54, 1.807) is 0 Å². The van der Waals surface area contributed by atoms with E-state index in [9.17, 15) is 4.79 Å². The molecule has 0 radical (unpaired) electrons. The third-order valence-electron chi connectivity index (χ3n) is 1.61. The number of carbonyl (C=O) groups is 1. The predicted molar refractivity (Wildman–Crippen MR) is 58.6 cm³/mol. The molecule has 2 heterocycles. The van der Waals surface area contributed by atoms with Crippen LogP contribution in [0.25, 0.3) is 5.65 Å². The predicted octanol–water partition coefficient (Wildman–Crippen LogP) is 2.49. The van der Waals surface area contributed by atoms with Gasteiger partial charge in [-0.1, -0.05) is 6.07 Å². The van der Waals surface area contributed by atoms with Gasteiger partial charge in [-0.2, -0.15) is 0 Å². The number of hydrogen-bond donors (Lipinski definition) is 0. The summed E-state index contributed by atoms with van der Waals surface area (Å²) >= 11 is 3.28. The molecule has 0 spiro atoms. The second kappa shape index (κ2) is 4.02. The molecule has 0 fully saturated rings. The quantitative estimate of drug-likeness (QED) is 0.759. The Morgan fingerprint density at radius 2 is 2.23 bits per heavy atom. The number of rotatable bonds is 1. The molecule has 0 amide bonds. The van der Waals surface area contributed by atoms with Gasteiger partial charge in [0, 0.05) is 6.20 Å². The van der Waals surface area contributed by atoms with Crippen LogP contribution in [0.2, 0.25) is 0 Å². The van der Waals surface area contributed by atoms with Crippen LogP contribution in [0.5, 0.6) is 0 Å². The fourth-order valence-electron chi connectivity index (χ4n) is 1.06. The topological polar surface area (TPSA) is 34.4 Å². The van der Waals surface area contributed by atoms with Gasteiger partial charge in [0.15, 0.2) is 6.29 Å². The van der Waals surface area contributed by atoms with E-state index in [1.165, 1.54) is 0 Å². The average molecular weight is 306 g/mol. The van der Waals surface area contributed by atoms with Gasteiger partial charge in [0.2, 0.25) is 0 Å². The molecular formula is C8H6Br2N2O. The van der Waals surface area contributed by atoms with Crippen LogP contribution in [0.1, 0.15) is 10.5 Å². The molecule has 2 aromatic heterocycles. The molecule has 0 bridgehead atoms. The highest BCUT2D eigenvalue weighted by molar-refractivity contribution is 9.10. The Hall–Kier alpha value is -0.680. The van der Waals surface area contributed by atoms with E-state index in [1.807, 2.05) is 28.8 Å². The summed E-state index contributed by atoms with van der Waals surface area (Å²) < 4.78 is 2.51. The van der Waals surface area contributed by atoms with Crippen molar-refractivity contribution >= 4 is 44.8 Å². The van der Waals surface area contributed by atoms with Gasteiger partial charge in [-0.05, 0) is 28.1 Å². The molecule has 2 rings (SSSR count). The molecule has 0 N–H and O–H groups in total. The lowest BCUT2D eigenvalue weighted by Gasteiger charge is -1.90. The van der Waals surface area contributed by atoms with Gasteiger partial charge in [-0.3, -0.25) is 9.20 Å². The minimum atomic E-state index is 0. The fraction of sp³-hybridized carbons (Fsp3) is 0. The standard InChI is InChI=1S/C8H5BrN2O.BrH/c9-8-6(5-12)10-7-3-1-2-4-11(7)8;/h1-5H;1H. The van der Waals surface area contributed by atoms with Crippen molar-refractivity contribution in [1.29, 1.82) is 0 Å². The van der Waals surface area contributed by atoms with Crippen molar-refractivity contribution in [3.8, 4) is 0 Å². The number of carbonyl (C=O) groups excluding carboxylic acids is 1. The molecule has 68 valence electrons. The zero-order valence-electron chi connectivity index (χ0n) is 6.48. The SMILES string of the molecule is Br.O=Cc1nc2ccccn2c1Br. The van der Waals surface area contributed by atoms with E-state index >= 15 is 0 Å². The first-order valence-corrected chi connectivity index (χ1v) is 4.20. The first kappa shape index (κ1) is 10.4. The Kier molecular flexibility index (Phi) is 3.22. The van der Waals surface area contributed by atoms with Gasteiger partial charge >= 0.3 is 0 Å². The summed E-state index contributed by atoms with van der Waals surface area (Å²) in [7, 11) is 0. The molecular weight excluding hydrogens is 300 g/mol. The fourth-order valence-corrected chi connectivity index (χ4v) is 1.54. The van der Waals surface area contributed by atoms with Gasteiger partial charge in [-0.15, -0.1) is 17.0 Å². The van der Waals surface area contributed by atoms with Crippen molar-refractivity contribution in [1.82, 2.24) is 9.38 Å². The van der Waals surface area contributed by atoms with Crippen LogP contribution in [-0.4, -0.2) is 15.7 Å². The molecule has 0 saturated heterocycles. The summed E-state index contributed by atoms with van der Waals surface area (Å²) in [5.41, 5.74) is 1.20. The number of aldehydes is 1. The lowest BCUT2D eigenvalue weighted by Crippen LogP contribution is -1.82. The van der Waals surface area contributed by atoms with Crippen LogP contribution in [0.15, 0.2) is 29.0 Å². The summed E-state index contributed by atoms with van der Waals surface area (Å²) in [5.74, 6) is 0. The number of pyridine rings is 1. The lowest BCUT2D eigenvalue weighted by molar-refractivity contribution is 0.111.